The van der Waals surface area contributed by atoms with Crippen molar-refractivity contribution in [1.29, 1.82) is 0 Å². The van der Waals surface area contributed by atoms with E-state index < -0.39 is 12.8 Å². The Morgan fingerprint density at radius 3 is 2.81 bits per heavy atom. The maximum Gasteiger partial charge on any atom is 0.411 e. The molecular weight excluding hydrogens is 221 g/mol. The van der Waals surface area contributed by atoms with Crippen molar-refractivity contribution in [2.75, 3.05) is 39.4 Å². The quantitative estimate of drug-likeness (QED) is 0.732. The van der Waals surface area contributed by atoms with Crippen LogP contribution >= 0.6 is 0 Å². The third kappa shape index (κ3) is 5.67. The lowest BCUT2D eigenvalue weighted by Crippen LogP contribution is -2.50. The van der Waals surface area contributed by atoms with Gasteiger partial charge < -0.3 is 10.1 Å². The van der Waals surface area contributed by atoms with Gasteiger partial charge in [-0.05, 0) is 13.3 Å². The van der Waals surface area contributed by atoms with Crippen LogP contribution in [0.5, 0.6) is 0 Å². The first-order valence-electron chi connectivity index (χ1n) is 5.58. The molecule has 1 aliphatic heterocycles. The number of nitrogens with zero attached hydrogens (tertiary/aromatic N) is 1. The van der Waals surface area contributed by atoms with E-state index in [0.717, 1.165) is 26.2 Å². The highest BCUT2D eigenvalue weighted by atomic mass is 19.4. The summed E-state index contributed by atoms with van der Waals surface area (Å²) in [6, 6.07) is 0.455. The minimum atomic E-state index is -4.21. The van der Waals surface area contributed by atoms with E-state index in [0.29, 0.717) is 12.5 Å². The molecule has 0 radical (unpaired) electrons. The average Bonchev–Trinajstić information content (AvgIpc) is 2.18. The molecule has 0 aromatic rings. The van der Waals surface area contributed by atoms with E-state index >= 15 is 0 Å². The van der Waals surface area contributed by atoms with Crippen LogP contribution in [0.1, 0.15) is 13.3 Å². The van der Waals surface area contributed by atoms with Crippen molar-refractivity contribution in [3.05, 3.63) is 0 Å². The summed E-state index contributed by atoms with van der Waals surface area (Å²) in [4.78, 5) is 2.27. The van der Waals surface area contributed by atoms with Gasteiger partial charge in [0.15, 0.2) is 0 Å². The molecule has 0 bridgehead atoms. The first-order valence-corrected chi connectivity index (χ1v) is 5.58. The fourth-order valence-electron chi connectivity index (χ4n) is 1.77. The molecule has 16 heavy (non-hydrogen) atoms. The van der Waals surface area contributed by atoms with Crippen molar-refractivity contribution >= 4 is 0 Å². The van der Waals surface area contributed by atoms with Crippen molar-refractivity contribution in [3.8, 4) is 0 Å². The standard InChI is InChI=1S/C10H19F3N2O/c1-9-7-14-3-5-15(9)4-2-6-16-8-10(11,12)13/h9,14H,2-8H2,1H3/t9-/m1/s1. The summed E-state index contributed by atoms with van der Waals surface area (Å²) < 4.78 is 39.8. The normalized spacial score (nSPS) is 23.6. The highest BCUT2D eigenvalue weighted by molar-refractivity contribution is 4.75. The average molecular weight is 240 g/mol. The lowest BCUT2D eigenvalue weighted by atomic mass is 10.2. The number of halogens is 3. The Morgan fingerprint density at radius 2 is 2.19 bits per heavy atom. The summed E-state index contributed by atoms with van der Waals surface area (Å²) >= 11 is 0. The van der Waals surface area contributed by atoms with Gasteiger partial charge in [0.2, 0.25) is 0 Å². The topological polar surface area (TPSA) is 24.5 Å². The van der Waals surface area contributed by atoms with E-state index in [1.54, 1.807) is 0 Å². The molecule has 1 rings (SSSR count). The predicted molar refractivity (Wildman–Crippen MR) is 55.4 cm³/mol. The molecule has 1 saturated heterocycles. The van der Waals surface area contributed by atoms with Gasteiger partial charge in [0.25, 0.3) is 0 Å². The second-order valence-corrected chi connectivity index (χ2v) is 4.11. The molecule has 0 unspecified atom stereocenters. The second kappa shape index (κ2) is 6.42. The van der Waals surface area contributed by atoms with Gasteiger partial charge in [-0.15, -0.1) is 0 Å². The molecule has 3 nitrogen and oxygen atoms in total. The van der Waals surface area contributed by atoms with E-state index in [2.05, 4.69) is 21.9 Å². The molecule has 96 valence electrons. The summed E-state index contributed by atoms with van der Waals surface area (Å²) in [6.07, 6.45) is -3.55. The Hall–Kier alpha value is -0.330. The number of piperazine rings is 1. The second-order valence-electron chi connectivity index (χ2n) is 4.11. The molecule has 0 aliphatic carbocycles. The molecule has 0 aromatic carbocycles. The smallest absolute Gasteiger partial charge is 0.372 e. The lowest BCUT2D eigenvalue weighted by Gasteiger charge is -2.33. The number of rotatable bonds is 5. The first-order chi connectivity index (χ1) is 7.49. The molecule has 0 spiro atoms. The third-order valence-corrected chi connectivity index (χ3v) is 2.64. The Morgan fingerprint density at radius 1 is 1.44 bits per heavy atom. The number of ether oxygens (including phenoxy) is 1. The zero-order chi connectivity index (χ0) is 12.0. The Kier molecular flexibility index (Phi) is 5.51. The molecular formula is C10H19F3N2O. The van der Waals surface area contributed by atoms with Gasteiger partial charge in [-0.25, -0.2) is 0 Å². The summed E-state index contributed by atoms with van der Waals surface area (Å²) in [5.41, 5.74) is 0. The van der Waals surface area contributed by atoms with E-state index in [9.17, 15) is 13.2 Å². The molecule has 1 aliphatic rings. The van der Waals surface area contributed by atoms with Crippen LogP contribution in [-0.2, 0) is 4.74 Å². The van der Waals surface area contributed by atoms with Gasteiger partial charge in [-0.1, -0.05) is 0 Å². The Balaban J connectivity index is 2.02. The van der Waals surface area contributed by atoms with Crippen LogP contribution in [-0.4, -0.2) is 56.5 Å². The van der Waals surface area contributed by atoms with Crippen molar-refractivity contribution in [3.63, 3.8) is 0 Å². The zero-order valence-corrected chi connectivity index (χ0v) is 9.52. The van der Waals surface area contributed by atoms with Crippen LogP contribution < -0.4 is 5.32 Å². The minimum Gasteiger partial charge on any atom is -0.372 e. The summed E-state index contributed by atoms with van der Waals surface area (Å²) in [5.74, 6) is 0. The highest BCUT2D eigenvalue weighted by Crippen LogP contribution is 2.14. The minimum absolute atomic E-state index is 0.177. The van der Waals surface area contributed by atoms with Crippen molar-refractivity contribution in [2.24, 2.45) is 0 Å². The SMILES string of the molecule is C[C@@H]1CNCCN1CCCOCC(F)(F)F. The van der Waals surface area contributed by atoms with E-state index in [4.69, 9.17) is 0 Å². The molecule has 0 aromatic heterocycles. The molecule has 1 fully saturated rings. The lowest BCUT2D eigenvalue weighted by molar-refractivity contribution is -0.174. The zero-order valence-electron chi connectivity index (χ0n) is 9.52. The molecule has 6 heteroatoms. The first kappa shape index (κ1) is 13.7. The van der Waals surface area contributed by atoms with Gasteiger partial charge in [0, 0.05) is 38.8 Å². The number of hydrogen-bond acceptors (Lipinski definition) is 3. The molecule has 0 amide bonds. The fourth-order valence-corrected chi connectivity index (χ4v) is 1.77. The molecule has 1 heterocycles. The van der Waals surface area contributed by atoms with Crippen LogP contribution in [0.2, 0.25) is 0 Å². The molecule has 1 atom stereocenters. The molecule has 0 saturated carbocycles. The Bertz CT molecular complexity index is 199. The summed E-state index contributed by atoms with van der Waals surface area (Å²) in [5, 5.41) is 3.26. The van der Waals surface area contributed by atoms with Crippen LogP contribution in [0, 0.1) is 0 Å². The maximum absolute atomic E-state index is 11.8. The monoisotopic (exact) mass is 240 g/mol. The van der Waals surface area contributed by atoms with Gasteiger partial charge in [-0.3, -0.25) is 4.90 Å². The number of alkyl halides is 3. The number of hydrogen-bond donors (Lipinski definition) is 1. The van der Waals surface area contributed by atoms with Gasteiger partial charge in [0.05, 0.1) is 0 Å². The van der Waals surface area contributed by atoms with Crippen molar-refractivity contribution < 1.29 is 17.9 Å². The van der Waals surface area contributed by atoms with Crippen molar-refractivity contribution in [2.45, 2.75) is 25.6 Å². The highest BCUT2D eigenvalue weighted by Gasteiger charge is 2.27. The van der Waals surface area contributed by atoms with Gasteiger partial charge >= 0.3 is 6.18 Å². The molecule has 1 N–H and O–H groups in total. The van der Waals surface area contributed by atoms with E-state index in [1.807, 2.05) is 0 Å². The van der Waals surface area contributed by atoms with E-state index in [-0.39, 0.29) is 6.61 Å². The van der Waals surface area contributed by atoms with E-state index in [1.165, 1.54) is 0 Å². The van der Waals surface area contributed by atoms with Crippen LogP contribution in [0.4, 0.5) is 13.2 Å². The summed E-state index contributed by atoms with van der Waals surface area (Å²) in [6.45, 7) is 4.82. The van der Waals surface area contributed by atoms with Crippen LogP contribution in [0.15, 0.2) is 0 Å². The van der Waals surface area contributed by atoms with Crippen LogP contribution in [0.3, 0.4) is 0 Å². The largest absolute Gasteiger partial charge is 0.411 e. The maximum atomic E-state index is 11.8. The predicted octanol–water partition coefficient (Wildman–Crippen LogP) is 1.25. The van der Waals surface area contributed by atoms with Gasteiger partial charge in [-0.2, -0.15) is 13.2 Å². The Labute approximate surface area is 93.9 Å². The fraction of sp³-hybridized carbons (Fsp3) is 1.00. The van der Waals surface area contributed by atoms with Crippen molar-refractivity contribution in [1.82, 2.24) is 10.2 Å². The third-order valence-electron chi connectivity index (χ3n) is 2.64. The van der Waals surface area contributed by atoms with Gasteiger partial charge in [0.1, 0.15) is 6.61 Å². The summed E-state index contributed by atoms with van der Waals surface area (Å²) in [7, 11) is 0. The number of nitrogens with one attached hydrogen (secondary N) is 1. The van der Waals surface area contributed by atoms with Crippen LogP contribution in [0.25, 0.3) is 0 Å².